The third-order valence-corrected chi connectivity index (χ3v) is 2.32. The lowest BCUT2D eigenvalue weighted by Gasteiger charge is -2.23. The van der Waals surface area contributed by atoms with Crippen LogP contribution in [0.3, 0.4) is 0 Å². The van der Waals surface area contributed by atoms with E-state index in [4.69, 9.17) is 0 Å². The first-order chi connectivity index (χ1) is 6.67. The van der Waals surface area contributed by atoms with Crippen molar-refractivity contribution in [3.63, 3.8) is 0 Å². The Morgan fingerprint density at radius 2 is 2.36 bits per heavy atom. The molecule has 0 fully saturated rings. The lowest BCUT2D eigenvalue weighted by molar-refractivity contribution is 0.0478. The maximum absolute atomic E-state index is 10.1. The van der Waals surface area contributed by atoms with E-state index in [1.54, 1.807) is 12.4 Å². The summed E-state index contributed by atoms with van der Waals surface area (Å²) in [5.41, 5.74) is 0.0917. The SMILES string of the molecule is CCNCCC(C)(O)c1cccnc1. The van der Waals surface area contributed by atoms with Gasteiger partial charge in [-0.25, -0.2) is 0 Å². The molecule has 0 spiro atoms. The molecule has 1 unspecified atom stereocenters. The summed E-state index contributed by atoms with van der Waals surface area (Å²) in [7, 11) is 0. The first-order valence-electron chi connectivity index (χ1n) is 5.00. The fraction of sp³-hybridized carbons (Fsp3) is 0.545. The Hall–Kier alpha value is -0.930. The normalized spacial score (nSPS) is 15.1. The van der Waals surface area contributed by atoms with Crippen LogP contribution in [0.15, 0.2) is 24.5 Å². The number of nitrogens with one attached hydrogen (secondary N) is 1. The Morgan fingerprint density at radius 1 is 1.57 bits per heavy atom. The van der Waals surface area contributed by atoms with E-state index < -0.39 is 5.60 Å². The average molecular weight is 194 g/mol. The van der Waals surface area contributed by atoms with Gasteiger partial charge in [0.1, 0.15) is 0 Å². The molecule has 1 aromatic rings. The minimum absolute atomic E-state index is 0.701. The standard InChI is InChI=1S/C11H18N2O/c1-3-12-8-6-11(2,14)10-5-4-7-13-9-10/h4-5,7,9,12,14H,3,6,8H2,1-2H3. The molecule has 0 saturated heterocycles. The molecule has 0 radical (unpaired) electrons. The predicted molar refractivity (Wildman–Crippen MR) is 57.0 cm³/mol. The van der Waals surface area contributed by atoms with Crippen LogP contribution in [0.5, 0.6) is 0 Å². The van der Waals surface area contributed by atoms with Crippen molar-refractivity contribution in [2.45, 2.75) is 25.9 Å². The van der Waals surface area contributed by atoms with Crippen molar-refractivity contribution in [1.82, 2.24) is 10.3 Å². The van der Waals surface area contributed by atoms with Crippen molar-refractivity contribution in [2.75, 3.05) is 13.1 Å². The summed E-state index contributed by atoms with van der Waals surface area (Å²) in [5, 5.41) is 13.3. The molecular weight excluding hydrogens is 176 g/mol. The molecule has 3 heteroatoms. The Kier molecular flexibility index (Phi) is 4.04. The Bertz CT molecular complexity index is 259. The topological polar surface area (TPSA) is 45.1 Å². The van der Waals surface area contributed by atoms with Gasteiger partial charge in [0.2, 0.25) is 0 Å². The van der Waals surface area contributed by atoms with Crippen LogP contribution in [0.25, 0.3) is 0 Å². The molecule has 0 aromatic carbocycles. The maximum atomic E-state index is 10.1. The highest BCUT2D eigenvalue weighted by Gasteiger charge is 2.22. The van der Waals surface area contributed by atoms with Crippen LogP contribution in [0, 0.1) is 0 Å². The number of pyridine rings is 1. The fourth-order valence-electron chi connectivity index (χ4n) is 1.33. The number of hydrogen-bond acceptors (Lipinski definition) is 3. The highest BCUT2D eigenvalue weighted by Crippen LogP contribution is 2.22. The van der Waals surface area contributed by atoms with Crippen molar-refractivity contribution in [1.29, 1.82) is 0 Å². The molecule has 0 aliphatic heterocycles. The molecule has 0 bridgehead atoms. The summed E-state index contributed by atoms with van der Waals surface area (Å²) in [6.45, 7) is 5.63. The largest absolute Gasteiger partial charge is 0.385 e. The molecule has 0 amide bonds. The summed E-state index contributed by atoms with van der Waals surface area (Å²) < 4.78 is 0. The Morgan fingerprint density at radius 3 is 2.93 bits per heavy atom. The van der Waals surface area contributed by atoms with E-state index >= 15 is 0 Å². The molecule has 1 heterocycles. The summed E-state index contributed by atoms with van der Waals surface area (Å²) >= 11 is 0. The van der Waals surface area contributed by atoms with Gasteiger partial charge in [0, 0.05) is 18.0 Å². The summed E-state index contributed by atoms with van der Waals surface area (Å²) in [4.78, 5) is 4.00. The van der Waals surface area contributed by atoms with E-state index in [1.165, 1.54) is 0 Å². The molecule has 78 valence electrons. The number of aliphatic hydroxyl groups is 1. The van der Waals surface area contributed by atoms with E-state index in [9.17, 15) is 5.11 Å². The van der Waals surface area contributed by atoms with Gasteiger partial charge in [-0.3, -0.25) is 4.98 Å². The van der Waals surface area contributed by atoms with E-state index in [0.29, 0.717) is 6.42 Å². The highest BCUT2D eigenvalue weighted by atomic mass is 16.3. The van der Waals surface area contributed by atoms with Gasteiger partial charge in [0.05, 0.1) is 5.60 Å². The second-order valence-corrected chi connectivity index (χ2v) is 3.62. The summed E-state index contributed by atoms with van der Waals surface area (Å²) in [6, 6.07) is 3.75. The molecule has 0 saturated carbocycles. The van der Waals surface area contributed by atoms with Crippen molar-refractivity contribution in [3.05, 3.63) is 30.1 Å². The number of nitrogens with zero attached hydrogens (tertiary/aromatic N) is 1. The second-order valence-electron chi connectivity index (χ2n) is 3.62. The van der Waals surface area contributed by atoms with E-state index in [1.807, 2.05) is 19.1 Å². The predicted octanol–water partition coefficient (Wildman–Crippen LogP) is 1.29. The summed E-state index contributed by atoms with van der Waals surface area (Å²) in [6.07, 6.45) is 4.13. The molecule has 14 heavy (non-hydrogen) atoms. The highest BCUT2D eigenvalue weighted by molar-refractivity contribution is 5.16. The minimum atomic E-state index is -0.781. The van der Waals surface area contributed by atoms with Crippen molar-refractivity contribution >= 4 is 0 Å². The van der Waals surface area contributed by atoms with Crippen LogP contribution in [0.4, 0.5) is 0 Å². The zero-order chi connectivity index (χ0) is 10.4. The Labute approximate surface area is 85.2 Å². The van der Waals surface area contributed by atoms with Gasteiger partial charge in [0.15, 0.2) is 0 Å². The van der Waals surface area contributed by atoms with Gasteiger partial charge in [-0.15, -0.1) is 0 Å². The lowest BCUT2D eigenvalue weighted by Crippen LogP contribution is -2.27. The van der Waals surface area contributed by atoms with Crippen LogP contribution < -0.4 is 5.32 Å². The monoisotopic (exact) mass is 194 g/mol. The first kappa shape index (κ1) is 11.1. The molecule has 2 N–H and O–H groups in total. The average Bonchev–Trinajstić information content (AvgIpc) is 2.19. The molecule has 0 aliphatic rings. The third kappa shape index (κ3) is 3.09. The van der Waals surface area contributed by atoms with E-state index in [2.05, 4.69) is 17.2 Å². The molecule has 1 aromatic heterocycles. The molecule has 1 rings (SSSR count). The van der Waals surface area contributed by atoms with Crippen LogP contribution in [-0.4, -0.2) is 23.2 Å². The van der Waals surface area contributed by atoms with Gasteiger partial charge in [0.25, 0.3) is 0 Å². The zero-order valence-electron chi connectivity index (χ0n) is 8.83. The quantitative estimate of drug-likeness (QED) is 0.694. The van der Waals surface area contributed by atoms with Gasteiger partial charge in [-0.05, 0) is 32.5 Å². The number of rotatable bonds is 5. The van der Waals surface area contributed by atoms with Gasteiger partial charge in [-0.2, -0.15) is 0 Å². The third-order valence-electron chi connectivity index (χ3n) is 2.32. The Balaban J connectivity index is 2.56. The van der Waals surface area contributed by atoms with E-state index in [0.717, 1.165) is 18.7 Å². The smallest absolute Gasteiger partial charge is 0.0895 e. The van der Waals surface area contributed by atoms with E-state index in [-0.39, 0.29) is 0 Å². The van der Waals surface area contributed by atoms with Gasteiger partial charge < -0.3 is 10.4 Å². The lowest BCUT2D eigenvalue weighted by atomic mass is 9.94. The minimum Gasteiger partial charge on any atom is -0.385 e. The van der Waals surface area contributed by atoms with Crippen LogP contribution in [0.1, 0.15) is 25.8 Å². The van der Waals surface area contributed by atoms with Crippen molar-refractivity contribution in [2.24, 2.45) is 0 Å². The van der Waals surface area contributed by atoms with Crippen LogP contribution in [0.2, 0.25) is 0 Å². The molecule has 1 atom stereocenters. The second kappa shape index (κ2) is 5.08. The molecule has 0 aliphatic carbocycles. The number of aromatic nitrogens is 1. The van der Waals surface area contributed by atoms with Crippen molar-refractivity contribution < 1.29 is 5.11 Å². The molecule has 3 nitrogen and oxygen atoms in total. The van der Waals surface area contributed by atoms with Crippen LogP contribution in [-0.2, 0) is 5.60 Å². The van der Waals surface area contributed by atoms with Crippen molar-refractivity contribution in [3.8, 4) is 0 Å². The first-order valence-corrected chi connectivity index (χ1v) is 5.00. The van der Waals surface area contributed by atoms with Gasteiger partial charge in [-0.1, -0.05) is 13.0 Å². The van der Waals surface area contributed by atoms with Gasteiger partial charge >= 0.3 is 0 Å². The van der Waals surface area contributed by atoms with Crippen LogP contribution >= 0.6 is 0 Å². The number of hydrogen-bond donors (Lipinski definition) is 2. The molecular formula is C11H18N2O. The summed E-state index contributed by atoms with van der Waals surface area (Å²) in [5.74, 6) is 0. The maximum Gasteiger partial charge on any atom is 0.0895 e. The zero-order valence-corrected chi connectivity index (χ0v) is 8.83. The fourth-order valence-corrected chi connectivity index (χ4v) is 1.33.